The Hall–Kier alpha value is -3.15. The van der Waals surface area contributed by atoms with E-state index in [9.17, 15) is 14.4 Å². The molecule has 0 fully saturated rings. The van der Waals surface area contributed by atoms with E-state index in [4.69, 9.17) is 14.2 Å². The number of unbranched alkanes of at least 4 members (excludes halogenated alkanes) is 32. The number of hydrogen-bond donors (Lipinski definition) is 0. The van der Waals surface area contributed by atoms with Gasteiger partial charge in [0.2, 0.25) is 0 Å². The first-order chi connectivity index (χ1) is 35.0. The number of carbonyl (C=O) groups excluding carboxylic acids is 3. The fourth-order valence-electron chi connectivity index (χ4n) is 8.64. The van der Waals surface area contributed by atoms with Gasteiger partial charge in [-0.25, -0.2) is 0 Å². The molecule has 0 aliphatic rings. The van der Waals surface area contributed by atoms with E-state index in [0.717, 1.165) is 116 Å². The van der Waals surface area contributed by atoms with E-state index in [1.165, 1.54) is 148 Å². The van der Waals surface area contributed by atoms with E-state index in [-0.39, 0.29) is 31.1 Å². The van der Waals surface area contributed by atoms with Gasteiger partial charge < -0.3 is 14.2 Å². The summed E-state index contributed by atoms with van der Waals surface area (Å²) in [4.78, 5) is 38.2. The maximum Gasteiger partial charge on any atom is 0.306 e. The zero-order valence-electron chi connectivity index (χ0n) is 47.0. The Morgan fingerprint density at radius 1 is 0.296 bits per heavy atom. The third-order valence-corrected chi connectivity index (χ3v) is 13.2. The average molecular weight is 992 g/mol. The highest BCUT2D eigenvalue weighted by Crippen LogP contribution is 2.17. The minimum atomic E-state index is -0.786. The summed E-state index contributed by atoms with van der Waals surface area (Å²) in [6, 6.07) is 0. The molecular weight excluding hydrogens is 877 g/mol. The lowest BCUT2D eigenvalue weighted by atomic mass is 10.0. The largest absolute Gasteiger partial charge is 0.462 e. The highest BCUT2D eigenvalue weighted by Gasteiger charge is 2.19. The molecule has 0 aromatic carbocycles. The molecular formula is C65H114O6. The van der Waals surface area contributed by atoms with Gasteiger partial charge in [-0.15, -0.1) is 0 Å². The van der Waals surface area contributed by atoms with Crippen molar-refractivity contribution in [3.05, 3.63) is 72.9 Å². The Morgan fingerprint density at radius 3 is 0.901 bits per heavy atom. The molecule has 0 amide bonds. The first kappa shape index (κ1) is 67.8. The van der Waals surface area contributed by atoms with Crippen LogP contribution in [0.3, 0.4) is 0 Å². The molecule has 0 rings (SSSR count). The molecule has 0 radical (unpaired) electrons. The van der Waals surface area contributed by atoms with Crippen molar-refractivity contribution in [2.24, 2.45) is 0 Å². The molecule has 0 N–H and O–H groups in total. The van der Waals surface area contributed by atoms with E-state index in [2.05, 4.69) is 93.7 Å². The minimum Gasteiger partial charge on any atom is -0.462 e. The quantitative estimate of drug-likeness (QED) is 0.0261. The lowest BCUT2D eigenvalue weighted by molar-refractivity contribution is -0.167. The summed E-state index contributed by atoms with van der Waals surface area (Å²) in [7, 11) is 0. The van der Waals surface area contributed by atoms with Crippen LogP contribution in [0.15, 0.2) is 72.9 Å². The Balaban J connectivity index is 4.35. The summed E-state index contributed by atoms with van der Waals surface area (Å²) in [6.07, 6.45) is 76.1. The molecule has 1 unspecified atom stereocenters. The number of allylic oxidation sites excluding steroid dienone is 12. The second-order valence-corrected chi connectivity index (χ2v) is 20.2. The van der Waals surface area contributed by atoms with Crippen molar-refractivity contribution in [3.8, 4) is 0 Å². The number of carbonyl (C=O) groups is 3. The van der Waals surface area contributed by atoms with Crippen molar-refractivity contribution in [3.63, 3.8) is 0 Å². The van der Waals surface area contributed by atoms with Crippen LogP contribution in [0.1, 0.15) is 303 Å². The molecule has 0 bridgehead atoms. The predicted molar refractivity (Wildman–Crippen MR) is 307 cm³/mol. The first-order valence-electron chi connectivity index (χ1n) is 30.4. The van der Waals surface area contributed by atoms with Crippen molar-refractivity contribution in [1.29, 1.82) is 0 Å². The molecule has 0 heterocycles. The van der Waals surface area contributed by atoms with E-state index < -0.39 is 6.10 Å². The average Bonchev–Trinajstić information content (AvgIpc) is 3.37. The normalized spacial score (nSPS) is 12.5. The first-order valence-corrected chi connectivity index (χ1v) is 30.4. The van der Waals surface area contributed by atoms with Crippen molar-refractivity contribution >= 4 is 17.9 Å². The topological polar surface area (TPSA) is 78.9 Å². The van der Waals surface area contributed by atoms with Crippen molar-refractivity contribution < 1.29 is 28.6 Å². The fourth-order valence-corrected chi connectivity index (χ4v) is 8.64. The molecule has 0 saturated carbocycles. The van der Waals surface area contributed by atoms with Gasteiger partial charge in [0.1, 0.15) is 13.2 Å². The Labute approximate surface area is 440 Å². The predicted octanol–water partition coefficient (Wildman–Crippen LogP) is 20.5. The molecule has 1 atom stereocenters. The Bertz CT molecular complexity index is 1320. The van der Waals surface area contributed by atoms with Crippen LogP contribution in [-0.2, 0) is 28.6 Å². The second-order valence-electron chi connectivity index (χ2n) is 20.2. The Morgan fingerprint density at radius 2 is 0.549 bits per heavy atom. The Kier molecular flexibility index (Phi) is 56.8. The molecule has 6 nitrogen and oxygen atoms in total. The summed E-state index contributed by atoms with van der Waals surface area (Å²) in [6.45, 7) is 6.51. The number of esters is 3. The highest BCUT2D eigenvalue weighted by molar-refractivity contribution is 5.71. The molecule has 0 saturated heterocycles. The van der Waals surface area contributed by atoms with E-state index in [1.54, 1.807) is 0 Å². The SMILES string of the molecule is CC/C=C\C/C=C\C/C=C\C/C=C\C/C=C\CCCCCCCC(=O)OCC(COC(=O)CCCCCCC/C=C\CCCCC)OC(=O)CCCCCCCCCCCCCCCCCCCCCC. The van der Waals surface area contributed by atoms with Gasteiger partial charge in [0.15, 0.2) is 6.10 Å². The number of rotatable bonds is 55. The van der Waals surface area contributed by atoms with Crippen molar-refractivity contribution in [2.45, 2.75) is 309 Å². The monoisotopic (exact) mass is 991 g/mol. The van der Waals surface area contributed by atoms with Gasteiger partial charge in [0.25, 0.3) is 0 Å². The van der Waals surface area contributed by atoms with Gasteiger partial charge in [-0.3, -0.25) is 14.4 Å². The van der Waals surface area contributed by atoms with Gasteiger partial charge in [0.05, 0.1) is 0 Å². The van der Waals surface area contributed by atoms with E-state index >= 15 is 0 Å². The van der Waals surface area contributed by atoms with Gasteiger partial charge in [-0.1, -0.05) is 267 Å². The molecule has 0 aliphatic heterocycles. The van der Waals surface area contributed by atoms with Crippen LogP contribution in [0.25, 0.3) is 0 Å². The molecule has 0 spiro atoms. The zero-order valence-corrected chi connectivity index (χ0v) is 47.0. The van der Waals surface area contributed by atoms with Crippen molar-refractivity contribution in [2.75, 3.05) is 13.2 Å². The van der Waals surface area contributed by atoms with Crippen molar-refractivity contribution in [1.82, 2.24) is 0 Å². The van der Waals surface area contributed by atoms with Gasteiger partial charge >= 0.3 is 17.9 Å². The van der Waals surface area contributed by atoms with E-state index in [0.29, 0.717) is 19.3 Å². The van der Waals surface area contributed by atoms with Crippen LogP contribution in [0.5, 0.6) is 0 Å². The minimum absolute atomic E-state index is 0.0837. The maximum absolute atomic E-state index is 12.9. The zero-order chi connectivity index (χ0) is 51.4. The summed E-state index contributed by atoms with van der Waals surface area (Å²) in [5, 5.41) is 0. The summed E-state index contributed by atoms with van der Waals surface area (Å²) >= 11 is 0. The molecule has 0 aliphatic carbocycles. The fraction of sp³-hybridized carbons (Fsp3) is 0.769. The highest BCUT2D eigenvalue weighted by atomic mass is 16.6. The molecule has 71 heavy (non-hydrogen) atoms. The van der Waals surface area contributed by atoms with Crippen LogP contribution in [0.2, 0.25) is 0 Å². The van der Waals surface area contributed by atoms with Crippen LogP contribution in [0, 0.1) is 0 Å². The van der Waals surface area contributed by atoms with E-state index in [1.807, 2.05) is 0 Å². The summed E-state index contributed by atoms with van der Waals surface area (Å²) < 4.78 is 16.9. The van der Waals surface area contributed by atoms with Crippen LogP contribution < -0.4 is 0 Å². The third-order valence-electron chi connectivity index (χ3n) is 13.2. The second kappa shape index (κ2) is 59.4. The van der Waals surface area contributed by atoms with Crippen LogP contribution in [-0.4, -0.2) is 37.2 Å². The molecule has 410 valence electrons. The maximum atomic E-state index is 12.9. The molecule has 0 aromatic rings. The van der Waals surface area contributed by atoms with Crippen LogP contribution in [0.4, 0.5) is 0 Å². The van der Waals surface area contributed by atoms with Crippen LogP contribution >= 0.6 is 0 Å². The number of ether oxygens (including phenoxy) is 3. The van der Waals surface area contributed by atoms with Gasteiger partial charge in [-0.2, -0.15) is 0 Å². The summed E-state index contributed by atoms with van der Waals surface area (Å²) in [5.74, 6) is -0.898. The van der Waals surface area contributed by atoms with Gasteiger partial charge in [-0.05, 0) is 89.9 Å². The molecule has 6 heteroatoms. The third kappa shape index (κ3) is 57.6. The molecule has 0 aromatic heterocycles. The van der Waals surface area contributed by atoms with Gasteiger partial charge in [0, 0.05) is 19.3 Å². The standard InChI is InChI=1S/C65H114O6/c1-4-7-10-13-16-19-22-25-27-29-31-33-35-36-38-40-43-46-49-52-55-58-64(67)70-61-62(60-69-63(66)57-54-51-48-45-42-24-21-18-15-12-9-6-3)71-65(68)59-56-53-50-47-44-41-39-37-34-32-30-28-26-23-20-17-14-11-8-5-2/h7,10,16,18-19,21,25,27,31,33,36,38,62H,4-6,8-9,11-15,17,20,22-24,26,28-30,32,34-35,37,39-61H2,1-3H3/b10-7-,19-16-,21-18-,27-25-,33-31-,38-36-. The smallest absolute Gasteiger partial charge is 0.306 e. The summed E-state index contributed by atoms with van der Waals surface area (Å²) in [5.41, 5.74) is 0. The number of hydrogen-bond acceptors (Lipinski definition) is 6. The lowest BCUT2D eigenvalue weighted by Gasteiger charge is -2.18. The lowest BCUT2D eigenvalue weighted by Crippen LogP contribution is -2.30.